The molecule has 0 spiro atoms. The highest BCUT2D eigenvalue weighted by atomic mass is 31.3. The lowest BCUT2D eigenvalue weighted by molar-refractivity contribution is -0.385. The van der Waals surface area contributed by atoms with Crippen molar-refractivity contribution in [3.63, 3.8) is 0 Å². The molecule has 0 saturated carbocycles. The molecule has 3 unspecified atom stereocenters. The quantitative estimate of drug-likeness (QED) is 0.0823. The van der Waals surface area contributed by atoms with Gasteiger partial charge in [0.25, 0.3) is 5.69 Å². The summed E-state index contributed by atoms with van der Waals surface area (Å²) in [4.78, 5) is 55.3. The molecule has 1 aliphatic rings. The van der Waals surface area contributed by atoms with Crippen molar-refractivity contribution in [3.05, 3.63) is 58.1 Å². The number of phosphoric ester groups is 1. The van der Waals surface area contributed by atoms with Crippen LogP contribution in [0.4, 0.5) is 5.69 Å². The third-order valence-corrected chi connectivity index (χ3v) is 9.78. The molecule has 1 aliphatic heterocycles. The Balaban J connectivity index is 1.62. The number of hydrogen-bond donors (Lipinski definition) is 7. The molecule has 0 bridgehead atoms. The Morgan fingerprint density at radius 2 is 1.74 bits per heavy atom. The van der Waals surface area contributed by atoms with Gasteiger partial charge in [0.2, 0.25) is 0 Å². The lowest BCUT2D eigenvalue weighted by Gasteiger charge is -2.22. The predicted octanol–water partition coefficient (Wildman–Crippen LogP) is 0.192. The molecule has 1 aromatic carbocycles. The summed E-state index contributed by atoms with van der Waals surface area (Å²) in [6, 6.07) is 5.11. The maximum absolute atomic E-state index is 12.1. The van der Waals surface area contributed by atoms with Crippen molar-refractivity contribution in [1.82, 2.24) is 19.1 Å². The van der Waals surface area contributed by atoms with Gasteiger partial charge in [0.15, 0.2) is 11.7 Å². The van der Waals surface area contributed by atoms with Crippen molar-refractivity contribution >= 4 is 40.3 Å². The van der Waals surface area contributed by atoms with Gasteiger partial charge in [-0.05, 0) is 6.92 Å². The number of nitro groups is 1. The van der Waals surface area contributed by atoms with E-state index in [0.29, 0.717) is 0 Å². The fourth-order valence-electron chi connectivity index (χ4n) is 4.21. The largest absolute Gasteiger partial charge is 0.490 e. The number of aromatic nitrogens is 4. The Kier molecular flexibility index (Phi) is 9.00. The number of aliphatic hydroxyl groups excluding tert-OH is 2. The highest BCUT2D eigenvalue weighted by Gasteiger charge is 2.47. The first-order chi connectivity index (χ1) is 19.4. The van der Waals surface area contributed by atoms with E-state index in [0.717, 1.165) is 6.33 Å². The number of phosphoric acid groups is 3. The van der Waals surface area contributed by atoms with Crippen molar-refractivity contribution in [2.24, 2.45) is 0 Å². The zero-order valence-corrected chi connectivity index (χ0v) is 23.7. The molecule has 24 heteroatoms. The molecule has 2 aromatic heterocycles. The number of benzene rings is 1. The van der Waals surface area contributed by atoms with Crippen LogP contribution < -0.4 is 5.49 Å². The summed E-state index contributed by atoms with van der Waals surface area (Å²) in [7, 11) is -17.0. The Hall–Kier alpha value is -2.74. The van der Waals surface area contributed by atoms with Gasteiger partial charge in [-0.2, -0.15) is 8.62 Å². The van der Waals surface area contributed by atoms with E-state index in [-0.39, 0.29) is 27.9 Å². The van der Waals surface area contributed by atoms with Crippen molar-refractivity contribution in [3.8, 4) is 0 Å². The average Bonchev–Trinajstić information content (AvgIpc) is 3.42. The summed E-state index contributed by atoms with van der Waals surface area (Å²) in [6.45, 7) is 0.555. The maximum Gasteiger partial charge on any atom is 0.490 e. The number of aliphatic hydroxyl groups is 2. The van der Waals surface area contributed by atoms with Crippen LogP contribution in [0.15, 0.2) is 36.9 Å². The number of hydrogen-bond acceptors (Lipinski definition) is 14. The lowest BCUT2D eigenvalue weighted by atomic mass is 10.1. The number of nitrogens with one attached hydrogen (secondary N) is 1. The highest BCUT2D eigenvalue weighted by Crippen LogP contribution is 2.66. The third-order valence-electron chi connectivity index (χ3n) is 5.98. The second-order valence-electron chi connectivity index (χ2n) is 8.75. The molecule has 1 saturated heterocycles. The molecule has 42 heavy (non-hydrogen) atoms. The fourth-order valence-corrected chi connectivity index (χ4v) is 7.24. The second kappa shape index (κ2) is 11.7. The SMILES string of the molecule is CC(c1ccccc1[N+](=O)[O-])n1cnc(=N)c2ncn([C@@H]3O[C@H](COP(=O)(O)OP(=O)(O)OP(=O)(O)O)[C@@H](O)[C@H]3O)c21. The number of ether oxygens (including phenoxy) is 1. The van der Waals surface area contributed by atoms with E-state index < -0.39 is 65.6 Å². The van der Waals surface area contributed by atoms with Crippen LogP contribution in [0.2, 0.25) is 0 Å². The Morgan fingerprint density at radius 1 is 1.07 bits per heavy atom. The van der Waals surface area contributed by atoms with E-state index in [2.05, 4.69) is 23.1 Å². The number of imidazole rings is 1. The van der Waals surface area contributed by atoms with Gasteiger partial charge in [0.1, 0.15) is 29.5 Å². The van der Waals surface area contributed by atoms with Crippen LogP contribution in [0.25, 0.3) is 11.2 Å². The summed E-state index contributed by atoms with van der Waals surface area (Å²) in [5, 5.41) is 41.0. The summed E-state index contributed by atoms with van der Waals surface area (Å²) < 4.78 is 54.3. The highest BCUT2D eigenvalue weighted by molar-refractivity contribution is 7.66. The molecule has 0 aliphatic carbocycles. The molecule has 0 radical (unpaired) electrons. The molecule has 4 rings (SSSR count). The Bertz CT molecular complexity index is 1710. The summed E-state index contributed by atoms with van der Waals surface area (Å²) in [6.07, 6.45) is -4.28. The number of fused-ring (bicyclic) bond motifs is 1. The van der Waals surface area contributed by atoms with E-state index in [1.54, 1.807) is 13.0 Å². The maximum atomic E-state index is 12.1. The van der Waals surface area contributed by atoms with Gasteiger partial charge in [-0.3, -0.25) is 24.6 Å². The number of nitro benzene ring substituents is 1. The summed E-state index contributed by atoms with van der Waals surface area (Å²) in [5.41, 5.74) is -0.156. The van der Waals surface area contributed by atoms with E-state index >= 15 is 0 Å². The van der Waals surface area contributed by atoms with Crippen LogP contribution in [0, 0.1) is 15.5 Å². The van der Waals surface area contributed by atoms with Crippen LogP contribution in [-0.4, -0.2) is 78.7 Å². The zero-order chi connectivity index (χ0) is 31.2. The van der Waals surface area contributed by atoms with Gasteiger partial charge >= 0.3 is 23.5 Å². The number of rotatable bonds is 11. The van der Waals surface area contributed by atoms with E-state index in [4.69, 9.17) is 19.9 Å². The summed E-state index contributed by atoms with van der Waals surface area (Å²) >= 11 is 0. The minimum Gasteiger partial charge on any atom is -0.387 e. The van der Waals surface area contributed by atoms with Gasteiger partial charge in [0, 0.05) is 6.07 Å². The lowest BCUT2D eigenvalue weighted by Crippen LogP contribution is -2.33. The minimum atomic E-state index is -5.79. The standard InChI is InChI=1S/C18H23N6O15P3/c1-9(10-4-2-3-5-11(10)24(27)28)22-8-21-16(19)13-17(22)23(7-20-13)18-15(26)14(25)12(37-18)6-36-41(32,33)39-42(34,35)38-40(29,30)31/h2-5,7-9,12,14-15,18-19,25-26H,6H2,1H3,(H,32,33)(H,34,35)(H2,29,30,31)/t9?,12-,14-,15-,18-/m1/s1. The fraction of sp³-hybridized carbons (Fsp3) is 0.389. The van der Waals surface area contributed by atoms with Crippen LogP contribution in [-0.2, 0) is 31.6 Å². The van der Waals surface area contributed by atoms with Crippen LogP contribution >= 0.6 is 23.5 Å². The number of para-hydroxylation sites is 1. The zero-order valence-electron chi connectivity index (χ0n) is 21.0. The van der Waals surface area contributed by atoms with Crippen molar-refractivity contribution in [2.45, 2.75) is 37.5 Å². The predicted molar refractivity (Wildman–Crippen MR) is 134 cm³/mol. The molecule has 7 atom stereocenters. The van der Waals surface area contributed by atoms with Crippen LogP contribution in [0.5, 0.6) is 0 Å². The molecule has 0 amide bonds. The van der Waals surface area contributed by atoms with Gasteiger partial charge in [-0.1, -0.05) is 18.2 Å². The molecule has 7 N–H and O–H groups in total. The van der Waals surface area contributed by atoms with E-state index in [1.165, 1.54) is 33.7 Å². The second-order valence-corrected chi connectivity index (χ2v) is 13.2. The van der Waals surface area contributed by atoms with Crippen molar-refractivity contribution < 1.29 is 66.3 Å². The number of nitrogens with zero attached hydrogens (tertiary/aromatic N) is 5. The molecule has 21 nitrogen and oxygen atoms in total. The van der Waals surface area contributed by atoms with Gasteiger partial charge in [-0.15, -0.1) is 0 Å². The summed E-state index contributed by atoms with van der Waals surface area (Å²) in [5.74, 6) is 0. The van der Waals surface area contributed by atoms with E-state index in [9.17, 15) is 43.8 Å². The molecular weight excluding hydrogens is 633 g/mol. The van der Waals surface area contributed by atoms with Gasteiger partial charge in [0.05, 0.1) is 35.8 Å². The first-order valence-electron chi connectivity index (χ1n) is 11.4. The van der Waals surface area contributed by atoms with E-state index in [1.807, 2.05) is 0 Å². The monoisotopic (exact) mass is 656 g/mol. The molecule has 1 fully saturated rings. The van der Waals surface area contributed by atoms with Crippen molar-refractivity contribution in [2.75, 3.05) is 6.61 Å². The Labute approximate surface area is 233 Å². The van der Waals surface area contributed by atoms with Gasteiger partial charge < -0.3 is 39.1 Å². The topological polar surface area (TPSA) is 312 Å². The smallest absolute Gasteiger partial charge is 0.387 e. The normalized spacial score (nSPS) is 24.7. The van der Waals surface area contributed by atoms with Crippen LogP contribution in [0.3, 0.4) is 0 Å². The average molecular weight is 656 g/mol. The first-order valence-corrected chi connectivity index (χ1v) is 15.9. The molecule has 230 valence electrons. The van der Waals surface area contributed by atoms with Crippen LogP contribution in [0.1, 0.15) is 24.8 Å². The Morgan fingerprint density at radius 3 is 2.38 bits per heavy atom. The first kappa shape index (κ1) is 32.2. The van der Waals surface area contributed by atoms with Gasteiger partial charge in [-0.25, -0.2) is 23.7 Å². The van der Waals surface area contributed by atoms with Crippen molar-refractivity contribution in [1.29, 1.82) is 5.41 Å². The molecule has 3 aromatic rings. The third kappa shape index (κ3) is 6.90. The molecule has 3 heterocycles. The molecular formula is C18H23N6O15P3. The minimum absolute atomic E-state index is 0.00932.